The second-order valence-electron chi connectivity index (χ2n) is 5.63. The van der Waals surface area contributed by atoms with E-state index in [1.54, 1.807) is 11.6 Å². The maximum Gasteiger partial charge on any atom is 0.267 e. The third kappa shape index (κ3) is 3.17. The standard InChI is InChI=1S/C18H15N3O4/c22-18(21-23)6-5-11-1-3-12(4-2-11)7-17-19-13-8-15-16(25-10-24-15)9-14(13)20-17/h1-6,8-9,23H,7,10H2,(H,19,20)(H,21,22). The lowest BCUT2D eigenvalue weighted by Crippen LogP contribution is -2.14. The second-order valence-corrected chi connectivity index (χ2v) is 5.63. The van der Waals surface area contributed by atoms with Crippen molar-refractivity contribution >= 4 is 23.0 Å². The lowest BCUT2D eigenvalue weighted by Gasteiger charge is -1.99. The summed E-state index contributed by atoms with van der Waals surface area (Å²) in [4.78, 5) is 18.9. The Bertz CT molecular complexity index is 919. The van der Waals surface area contributed by atoms with Gasteiger partial charge in [-0.2, -0.15) is 0 Å². The molecule has 0 bridgehead atoms. The zero-order chi connectivity index (χ0) is 17.2. The van der Waals surface area contributed by atoms with Gasteiger partial charge in [0, 0.05) is 24.6 Å². The molecule has 2 aromatic carbocycles. The Kier molecular flexibility index (Phi) is 3.83. The van der Waals surface area contributed by atoms with E-state index in [1.165, 1.54) is 6.08 Å². The Morgan fingerprint density at radius 1 is 1.24 bits per heavy atom. The Labute approximate surface area is 142 Å². The molecular weight excluding hydrogens is 322 g/mol. The average molecular weight is 337 g/mol. The van der Waals surface area contributed by atoms with Crippen molar-refractivity contribution in [2.24, 2.45) is 0 Å². The first-order chi connectivity index (χ1) is 12.2. The third-order valence-corrected chi connectivity index (χ3v) is 3.91. The van der Waals surface area contributed by atoms with Gasteiger partial charge >= 0.3 is 0 Å². The summed E-state index contributed by atoms with van der Waals surface area (Å²) in [5.74, 6) is 1.73. The van der Waals surface area contributed by atoms with E-state index < -0.39 is 5.91 Å². The maximum absolute atomic E-state index is 11.0. The molecule has 7 nitrogen and oxygen atoms in total. The molecule has 0 unspecified atom stereocenters. The minimum Gasteiger partial charge on any atom is -0.454 e. The largest absolute Gasteiger partial charge is 0.454 e. The van der Waals surface area contributed by atoms with Gasteiger partial charge in [-0.1, -0.05) is 24.3 Å². The zero-order valence-corrected chi connectivity index (χ0v) is 13.2. The van der Waals surface area contributed by atoms with Crippen LogP contribution in [0.2, 0.25) is 0 Å². The van der Waals surface area contributed by atoms with Crippen LogP contribution in [0.5, 0.6) is 11.5 Å². The van der Waals surface area contributed by atoms with E-state index in [1.807, 2.05) is 36.4 Å². The van der Waals surface area contributed by atoms with Crippen LogP contribution in [0.15, 0.2) is 42.5 Å². The smallest absolute Gasteiger partial charge is 0.267 e. The molecule has 4 rings (SSSR count). The van der Waals surface area contributed by atoms with Crippen LogP contribution in [-0.4, -0.2) is 27.9 Å². The second kappa shape index (κ2) is 6.29. The number of hydrogen-bond acceptors (Lipinski definition) is 5. The first kappa shape index (κ1) is 15.2. The Morgan fingerprint density at radius 2 is 2.00 bits per heavy atom. The van der Waals surface area contributed by atoms with Crippen molar-refractivity contribution in [3.8, 4) is 11.5 Å². The molecule has 2 heterocycles. The van der Waals surface area contributed by atoms with Crippen molar-refractivity contribution in [1.82, 2.24) is 15.4 Å². The molecule has 0 aliphatic carbocycles. The van der Waals surface area contributed by atoms with Gasteiger partial charge in [0.1, 0.15) is 5.82 Å². The van der Waals surface area contributed by atoms with Gasteiger partial charge in [0.25, 0.3) is 5.91 Å². The molecule has 1 aliphatic heterocycles. The molecule has 1 amide bonds. The Balaban J connectivity index is 1.51. The molecule has 3 N–H and O–H groups in total. The number of imidazole rings is 1. The van der Waals surface area contributed by atoms with Gasteiger partial charge in [0.2, 0.25) is 6.79 Å². The van der Waals surface area contributed by atoms with E-state index in [-0.39, 0.29) is 6.79 Å². The van der Waals surface area contributed by atoms with Crippen LogP contribution in [0, 0.1) is 0 Å². The Morgan fingerprint density at radius 3 is 2.76 bits per heavy atom. The highest BCUT2D eigenvalue weighted by Crippen LogP contribution is 2.35. The van der Waals surface area contributed by atoms with Crippen molar-refractivity contribution < 1.29 is 19.5 Å². The number of carbonyl (C=O) groups is 1. The van der Waals surface area contributed by atoms with Gasteiger partial charge in [-0.15, -0.1) is 0 Å². The van der Waals surface area contributed by atoms with Crippen molar-refractivity contribution in [2.75, 3.05) is 6.79 Å². The number of ether oxygens (including phenoxy) is 2. The number of benzene rings is 2. The molecule has 0 fully saturated rings. The molecule has 126 valence electrons. The van der Waals surface area contributed by atoms with Gasteiger partial charge in [-0.3, -0.25) is 10.0 Å². The predicted molar refractivity (Wildman–Crippen MR) is 90.4 cm³/mol. The van der Waals surface area contributed by atoms with E-state index in [2.05, 4.69) is 9.97 Å². The number of aromatic nitrogens is 2. The fourth-order valence-corrected chi connectivity index (χ4v) is 2.69. The minimum absolute atomic E-state index is 0.246. The zero-order valence-electron chi connectivity index (χ0n) is 13.2. The van der Waals surface area contributed by atoms with E-state index in [9.17, 15) is 4.79 Å². The summed E-state index contributed by atoms with van der Waals surface area (Å²) in [7, 11) is 0. The molecular formula is C18H15N3O4. The predicted octanol–water partition coefficient (Wildman–Crippen LogP) is 2.40. The third-order valence-electron chi connectivity index (χ3n) is 3.91. The number of nitrogens with one attached hydrogen (secondary N) is 2. The monoisotopic (exact) mass is 337 g/mol. The summed E-state index contributed by atoms with van der Waals surface area (Å²) in [6, 6.07) is 11.5. The normalized spacial score (nSPS) is 12.8. The molecule has 0 saturated carbocycles. The summed E-state index contributed by atoms with van der Waals surface area (Å²) in [5.41, 5.74) is 5.25. The fourth-order valence-electron chi connectivity index (χ4n) is 2.69. The van der Waals surface area contributed by atoms with E-state index in [0.29, 0.717) is 12.2 Å². The van der Waals surface area contributed by atoms with Gasteiger partial charge < -0.3 is 14.5 Å². The molecule has 25 heavy (non-hydrogen) atoms. The summed E-state index contributed by atoms with van der Waals surface area (Å²) in [6.07, 6.45) is 3.54. The molecule has 0 saturated heterocycles. The molecule has 0 radical (unpaired) electrons. The van der Waals surface area contributed by atoms with Crippen LogP contribution in [0.4, 0.5) is 0 Å². The minimum atomic E-state index is -0.564. The number of nitrogens with zero attached hydrogens (tertiary/aromatic N) is 1. The van der Waals surface area contributed by atoms with Gasteiger partial charge in [-0.25, -0.2) is 10.5 Å². The quantitative estimate of drug-likeness (QED) is 0.386. The summed E-state index contributed by atoms with van der Waals surface area (Å²) < 4.78 is 10.7. The number of H-pyrrole nitrogens is 1. The molecule has 0 spiro atoms. The number of hydrogen-bond donors (Lipinski definition) is 3. The highest BCUT2D eigenvalue weighted by atomic mass is 16.7. The number of aromatic amines is 1. The summed E-state index contributed by atoms with van der Waals surface area (Å²) >= 11 is 0. The van der Waals surface area contributed by atoms with Crippen molar-refractivity contribution in [3.05, 3.63) is 59.4 Å². The molecule has 0 atom stereocenters. The fraction of sp³-hybridized carbons (Fsp3) is 0.111. The molecule has 7 heteroatoms. The first-order valence-corrected chi connectivity index (χ1v) is 7.70. The van der Waals surface area contributed by atoms with E-state index in [0.717, 1.165) is 33.7 Å². The number of rotatable bonds is 4. The first-order valence-electron chi connectivity index (χ1n) is 7.70. The van der Waals surface area contributed by atoms with Crippen LogP contribution in [0.3, 0.4) is 0 Å². The summed E-state index contributed by atoms with van der Waals surface area (Å²) in [5, 5.41) is 8.46. The van der Waals surface area contributed by atoms with E-state index >= 15 is 0 Å². The van der Waals surface area contributed by atoms with Crippen molar-refractivity contribution in [3.63, 3.8) is 0 Å². The van der Waals surface area contributed by atoms with E-state index in [4.69, 9.17) is 14.7 Å². The number of hydroxylamine groups is 1. The van der Waals surface area contributed by atoms with Crippen LogP contribution in [-0.2, 0) is 11.2 Å². The molecule has 1 aliphatic rings. The van der Waals surface area contributed by atoms with Crippen molar-refractivity contribution in [2.45, 2.75) is 6.42 Å². The maximum atomic E-state index is 11.0. The SMILES string of the molecule is O=C(C=Cc1ccc(Cc2nc3cc4c(cc3[nH]2)OCO4)cc1)NO. The molecule has 3 aromatic rings. The highest BCUT2D eigenvalue weighted by Gasteiger charge is 2.16. The summed E-state index contributed by atoms with van der Waals surface area (Å²) in [6.45, 7) is 0.246. The van der Waals surface area contributed by atoms with Crippen LogP contribution in [0.1, 0.15) is 17.0 Å². The number of carbonyl (C=O) groups excluding carboxylic acids is 1. The number of fused-ring (bicyclic) bond motifs is 2. The topological polar surface area (TPSA) is 96.5 Å². The highest BCUT2D eigenvalue weighted by molar-refractivity contribution is 5.90. The lowest BCUT2D eigenvalue weighted by molar-refractivity contribution is -0.124. The lowest BCUT2D eigenvalue weighted by atomic mass is 10.1. The number of amides is 1. The van der Waals surface area contributed by atoms with Gasteiger partial charge in [0.05, 0.1) is 11.0 Å². The van der Waals surface area contributed by atoms with Crippen molar-refractivity contribution in [1.29, 1.82) is 0 Å². The molecule has 1 aromatic heterocycles. The average Bonchev–Trinajstić information content (AvgIpc) is 3.23. The Hall–Kier alpha value is -3.32. The van der Waals surface area contributed by atoms with Gasteiger partial charge in [-0.05, 0) is 17.2 Å². The van der Waals surface area contributed by atoms with Gasteiger partial charge in [0.15, 0.2) is 11.5 Å². The van der Waals surface area contributed by atoms with Crippen LogP contribution >= 0.6 is 0 Å². The van der Waals surface area contributed by atoms with Crippen LogP contribution < -0.4 is 15.0 Å². The van der Waals surface area contributed by atoms with Crippen LogP contribution in [0.25, 0.3) is 17.1 Å².